The van der Waals surface area contributed by atoms with Crippen LogP contribution in [0.25, 0.3) is 0 Å². The van der Waals surface area contributed by atoms with Gasteiger partial charge in [0.05, 0.1) is 24.7 Å². The summed E-state index contributed by atoms with van der Waals surface area (Å²) in [6, 6.07) is 0. The molecule has 0 aliphatic carbocycles. The van der Waals surface area contributed by atoms with Crippen molar-refractivity contribution in [2.75, 3.05) is 44.4 Å². The van der Waals surface area contributed by atoms with Gasteiger partial charge in [-0.3, -0.25) is 0 Å². The predicted molar refractivity (Wildman–Crippen MR) is 67.1 cm³/mol. The molecule has 1 aliphatic heterocycles. The van der Waals surface area contributed by atoms with Gasteiger partial charge in [0.15, 0.2) is 9.84 Å². The molecule has 1 saturated heterocycles. The second kappa shape index (κ2) is 7.70. The Kier molecular flexibility index (Phi) is 6.59. The fourth-order valence-corrected chi connectivity index (χ4v) is 3.70. The van der Waals surface area contributed by atoms with Crippen molar-refractivity contribution in [3.05, 3.63) is 0 Å². The van der Waals surface area contributed by atoms with E-state index >= 15 is 0 Å². The van der Waals surface area contributed by atoms with Crippen LogP contribution in [0.15, 0.2) is 0 Å². The SMILES string of the molecule is CCOC(=O)COCCNCC1CCS(=O)(=O)C1. The molecule has 0 aromatic heterocycles. The van der Waals surface area contributed by atoms with Gasteiger partial charge in [0.2, 0.25) is 0 Å². The molecule has 0 radical (unpaired) electrons. The number of carbonyl (C=O) groups excluding carboxylic acids is 1. The molecule has 7 heteroatoms. The van der Waals surface area contributed by atoms with Crippen LogP contribution in [0.3, 0.4) is 0 Å². The summed E-state index contributed by atoms with van der Waals surface area (Å²) in [6.07, 6.45) is 0.735. The number of esters is 1. The lowest BCUT2D eigenvalue weighted by Gasteiger charge is -2.09. The van der Waals surface area contributed by atoms with Crippen LogP contribution in [0.2, 0.25) is 0 Å². The van der Waals surface area contributed by atoms with E-state index in [2.05, 4.69) is 5.32 Å². The van der Waals surface area contributed by atoms with Gasteiger partial charge < -0.3 is 14.8 Å². The number of ether oxygens (including phenoxy) is 2. The Morgan fingerprint density at radius 1 is 1.44 bits per heavy atom. The van der Waals surface area contributed by atoms with E-state index in [0.717, 1.165) is 6.42 Å². The molecule has 0 saturated carbocycles. The van der Waals surface area contributed by atoms with Gasteiger partial charge in [0.1, 0.15) is 6.61 Å². The summed E-state index contributed by atoms with van der Waals surface area (Å²) in [5.74, 6) is 0.432. The molecule has 1 unspecified atom stereocenters. The van der Waals surface area contributed by atoms with Crippen molar-refractivity contribution < 1.29 is 22.7 Å². The highest BCUT2D eigenvalue weighted by Crippen LogP contribution is 2.16. The average molecular weight is 279 g/mol. The predicted octanol–water partition coefficient (Wildman–Crippen LogP) is -0.410. The highest BCUT2D eigenvalue weighted by atomic mass is 32.2. The molecular formula is C11H21NO5S. The van der Waals surface area contributed by atoms with Crippen molar-refractivity contribution >= 4 is 15.8 Å². The van der Waals surface area contributed by atoms with Crippen LogP contribution < -0.4 is 5.32 Å². The normalized spacial score (nSPS) is 21.9. The van der Waals surface area contributed by atoms with Gasteiger partial charge in [0, 0.05) is 6.54 Å². The Balaban J connectivity index is 1.95. The maximum atomic E-state index is 11.2. The highest BCUT2D eigenvalue weighted by Gasteiger charge is 2.27. The summed E-state index contributed by atoms with van der Waals surface area (Å²) in [4.78, 5) is 10.9. The van der Waals surface area contributed by atoms with Crippen LogP contribution >= 0.6 is 0 Å². The number of sulfone groups is 1. The van der Waals surface area contributed by atoms with E-state index < -0.39 is 9.84 Å². The van der Waals surface area contributed by atoms with Crippen molar-refractivity contribution in [1.82, 2.24) is 5.32 Å². The van der Waals surface area contributed by atoms with E-state index in [0.29, 0.717) is 32.1 Å². The molecule has 0 aromatic carbocycles. The first-order chi connectivity index (χ1) is 8.53. The fourth-order valence-electron chi connectivity index (χ4n) is 1.84. The minimum atomic E-state index is -2.79. The van der Waals surface area contributed by atoms with E-state index in [9.17, 15) is 13.2 Å². The van der Waals surface area contributed by atoms with Gasteiger partial charge in [0.25, 0.3) is 0 Å². The Labute approximate surface area is 108 Å². The Morgan fingerprint density at radius 3 is 2.83 bits per heavy atom. The van der Waals surface area contributed by atoms with Gasteiger partial charge in [-0.15, -0.1) is 0 Å². The lowest BCUT2D eigenvalue weighted by atomic mass is 10.1. The van der Waals surface area contributed by atoms with Crippen molar-refractivity contribution in [3.8, 4) is 0 Å². The number of rotatable bonds is 8. The van der Waals surface area contributed by atoms with E-state index in [1.165, 1.54) is 0 Å². The quantitative estimate of drug-likeness (QED) is 0.480. The number of nitrogens with one attached hydrogen (secondary N) is 1. The first-order valence-corrected chi connectivity index (χ1v) is 8.00. The van der Waals surface area contributed by atoms with Gasteiger partial charge in [-0.2, -0.15) is 0 Å². The Morgan fingerprint density at radius 2 is 2.22 bits per heavy atom. The zero-order chi connectivity index (χ0) is 13.4. The molecule has 1 aliphatic rings. The average Bonchev–Trinajstić information content (AvgIpc) is 2.64. The molecule has 1 rings (SSSR count). The zero-order valence-electron chi connectivity index (χ0n) is 10.7. The van der Waals surface area contributed by atoms with Crippen molar-refractivity contribution in [2.24, 2.45) is 5.92 Å². The first-order valence-electron chi connectivity index (χ1n) is 6.18. The topological polar surface area (TPSA) is 81.7 Å². The molecule has 0 amide bonds. The molecule has 0 aromatic rings. The summed E-state index contributed by atoms with van der Waals surface area (Å²) >= 11 is 0. The lowest BCUT2D eigenvalue weighted by Crippen LogP contribution is -2.27. The molecule has 1 N–H and O–H groups in total. The van der Waals surface area contributed by atoms with Crippen LogP contribution in [-0.4, -0.2) is 58.8 Å². The van der Waals surface area contributed by atoms with Gasteiger partial charge in [-0.05, 0) is 25.8 Å². The lowest BCUT2D eigenvalue weighted by molar-refractivity contribution is -0.148. The van der Waals surface area contributed by atoms with E-state index in [4.69, 9.17) is 9.47 Å². The molecule has 1 heterocycles. The standard InChI is InChI=1S/C11H21NO5S/c1-2-17-11(13)8-16-5-4-12-7-10-3-6-18(14,15)9-10/h10,12H,2-9H2,1H3. The van der Waals surface area contributed by atoms with Crippen molar-refractivity contribution in [2.45, 2.75) is 13.3 Å². The van der Waals surface area contributed by atoms with Crippen LogP contribution in [0.1, 0.15) is 13.3 Å². The second-order valence-electron chi connectivity index (χ2n) is 4.33. The summed E-state index contributed by atoms with van der Waals surface area (Å²) in [7, 11) is -2.79. The zero-order valence-corrected chi connectivity index (χ0v) is 11.5. The molecule has 1 fully saturated rings. The molecule has 0 spiro atoms. The van der Waals surface area contributed by atoms with Crippen molar-refractivity contribution in [3.63, 3.8) is 0 Å². The molecule has 6 nitrogen and oxygen atoms in total. The van der Waals surface area contributed by atoms with Crippen molar-refractivity contribution in [1.29, 1.82) is 0 Å². The summed E-state index contributed by atoms with van der Waals surface area (Å²) < 4.78 is 32.2. The number of hydrogen-bond donors (Lipinski definition) is 1. The monoisotopic (exact) mass is 279 g/mol. The van der Waals surface area contributed by atoms with Crippen LogP contribution in [0, 0.1) is 5.92 Å². The Hall–Kier alpha value is -0.660. The summed E-state index contributed by atoms with van der Waals surface area (Å²) in [5, 5.41) is 3.13. The highest BCUT2D eigenvalue weighted by molar-refractivity contribution is 7.91. The van der Waals surface area contributed by atoms with E-state index in [1.807, 2.05) is 0 Å². The smallest absolute Gasteiger partial charge is 0.332 e. The maximum Gasteiger partial charge on any atom is 0.332 e. The van der Waals surface area contributed by atoms with Gasteiger partial charge in [-0.1, -0.05) is 0 Å². The van der Waals surface area contributed by atoms with Gasteiger partial charge >= 0.3 is 5.97 Å². The summed E-state index contributed by atoms with van der Waals surface area (Å²) in [5.41, 5.74) is 0. The Bertz CT molecular complexity index is 354. The molecule has 106 valence electrons. The summed E-state index contributed by atoms with van der Waals surface area (Å²) in [6.45, 7) is 3.77. The third-order valence-corrected chi connectivity index (χ3v) is 4.55. The minimum Gasteiger partial charge on any atom is -0.464 e. The fraction of sp³-hybridized carbons (Fsp3) is 0.909. The molecule has 1 atom stereocenters. The third kappa shape index (κ3) is 6.32. The first kappa shape index (κ1) is 15.4. The van der Waals surface area contributed by atoms with E-state index in [1.54, 1.807) is 6.92 Å². The minimum absolute atomic E-state index is 0.0344. The largest absolute Gasteiger partial charge is 0.464 e. The van der Waals surface area contributed by atoms with Crippen LogP contribution in [0.5, 0.6) is 0 Å². The molecule has 18 heavy (non-hydrogen) atoms. The van der Waals surface area contributed by atoms with Gasteiger partial charge in [-0.25, -0.2) is 13.2 Å². The van der Waals surface area contributed by atoms with E-state index in [-0.39, 0.29) is 24.2 Å². The third-order valence-electron chi connectivity index (χ3n) is 2.71. The molecule has 0 bridgehead atoms. The molecular weight excluding hydrogens is 258 g/mol. The van der Waals surface area contributed by atoms with Crippen LogP contribution in [0.4, 0.5) is 0 Å². The van der Waals surface area contributed by atoms with Crippen LogP contribution in [-0.2, 0) is 24.1 Å². The number of carbonyl (C=O) groups is 1. The second-order valence-corrected chi connectivity index (χ2v) is 6.56. The maximum absolute atomic E-state index is 11.2. The number of hydrogen-bond acceptors (Lipinski definition) is 6.